The lowest BCUT2D eigenvalue weighted by atomic mass is 9.89. The number of carboxylic acids is 1. The highest BCUT2D eigenvalue weighted by molar-refractivity contribution is 5.94. The molecule has 0 bridgehead atoms. The van der Waals surface area contributed by atoms with E-state index in [9.17, 15) is 61.5 Å². The number of hydrogen-bond acceptors (Lipinski definition) is 11. The minimum absolute atomic E-state index is 0.00961. The van der Waals surface area contributed by atoms with Gasteiger partial charge in [-0.3, -0.25) is 9.36 Å². The Bertz CT molecular complexity index is 2960. The molecule has 5 N–H and O–H groups in total. The zero-order valence-electron chi connectivity index (χ0n) is 38.8. The molecule has 0 saturated heterocycles. The minimum atomic E-state index is -5.04. The Labute approximate surface area is 397 Å². The zero-order chi connectivity index (χ0) is 51.5. The number of alkyl halides is 6. The number of aliphatic hydroxyl groups is 4. The van der Waals surface area contributed by atoms with Gasteiger partial charge in [0.05, 0.1) is 31.2 Å². The molecule has 0 unspecified atom stereocenters. The standard InChI is InChI=1S/C26H27F3N2O5.C24H23F3N2O5/c1-5-35-23(33)24(3,4)31-13-16(12-30-31)19-10-17(36-14-15(2)32)11-21-22(19)18-8-6-7-9-20(18)25(21,34)26(27,28)29;1-13(30)12-34-15-8-17(14-10-28-29(11-14)22(2,3)21(31)32)20-16-6-4-5-7-18(16)23(33,19(20)9-15)24(25,26)27/h6-13,15,32,34H,5,14H2,1-4H3;4-11,13,30,33H,12H2,1-3H3,(H,31,32)/t15-,25-;13-,23-/m11/s1. The summed E-state index contributed by atoms with van der Waals surface area (Å²) in [5.74, 6) is -1.61. The van der Waals surface area contributed by atoms with Gasteiger partial charge in [0.15, 0.2) is 11.1 Å². The van der Waals surface area contributed by atoms with Crippen molar-refractivity contribution in [2.45, 2.75) is 95.3 Å². The smallest absolute Gasteiger partial charge is 0.425 e. The van der Waals surface area contributed by atoms with Crippen molar-refractivity contribution in [3.63, 3.8) is 0 Å². The maximum atomic E-state index is 14.4. The first kappa shape index (κ1) is 51.1. The predicted molar refractivity (Wildman–Crippen MR) is 242 cm³/mol. The van der Waals surface area contributed by atoms with Crippen LogP contribution in [0.25, 0.3) is 44.5 Å². The van der Waals surface area contributed by atoms with E-state index in [1.807, 2.05) is 0 Å². The topological polar surface area (TPSA) is 199 Å². The van der Waals surface area contributed by atoms with Crippen molar-refractivity contribution in [2.24, 2.45) is 0 Å². The first-order valence-electron chi connectivity index (χ1n) is 21.9. The Balaban J connectivity index is 0.000000207. The number of benzene rings is 4. The average Bonchev–Trinajstić information content (AvgIpc) is 4.10. The second-order valence-electron chi connectivity index (χ2n) is 18.1. The van der Waals surface area contributed by atoms with E-state index in [0.717, 1.165) is 12.1 Å². The van der Waals surface area contributed by atoms with Gasteiger partial charge in [0.2, 0.25) is 11.2 Å². The maximum Gasteiger partial charge on any atom is 0.425 e. The van der Waals surface area contributed by atoms with E-state index < -0.39 is 64.3 Å². The number of rotatable bonds is 13. The fourth-order valence-electron chi connectivity index (χ4n) is 8.41. The first-order chi connectivity index (χ1) is 32.6. The van der Waals surface area contributed by atoms with E-state index in [2.05, 4.69) is 10.2 Å². The number of carbonyl (C=O) groups excluding carboxylic acids is 1. The van der Waals surface area contributed by atoms with Crippen molar-refractivity contribution >= 4 is 11.9 Å². The summed E-state index contributed by atoms with van der Waals surface area (Å²) < 4.78 is 105. The number of hydrogen-bond donors (Lipinski definition) is 5. The molecule has 2 aliphatic rings. The lowest BCUT2D eigenvalue weighted by molar-refractivity contribution is -0.247. The third-order valence-electron chi connectivity index (χ3n) is 12.2. The van der Waals surface area contributed by atoms with Gasteiger partial charge < -0.3 is 39.7 Å². The highest BCUT2D eigenvalue weighted by Gasteiger charge is 2.62. The molecule has 70 heavy (non-hydrogen) atoms. The Morgan fingerprint density at radius 3 is 1.37 bits per heavy atom. The second-order valence-corrected chi connectivity index (χ2v) is 18.1. The lowest BCUT2D eigenvalue weighted by Gasteiger charge is -2.28. The van der Waals surface area contributed by atoms with Crippen LogP contribution >= 0.6 is 0 Å². The van der Waals surface area contributed by atoms with Crippen molar-refractivity contribution in [1.29, 1.82) is 0 Å². The van der Waals surface area contributed by atoms with E-state index in [1.54, 1.807) is 45.2 Å². The molecular weight excluding hydrogens is 931 g/mol. The van der Waals surface area contributed by atoms with Gasteiger partial charge in [0, 0.05) is 45.8 Å². The molecule has 2 aliphatic carbocycles. The van der Waals surface area contributed by atoms with Gasteiger partial charge in [-0.15, -0.1) is 0 Å². The summed E-state index contributed by atoms with van der Waals surface area (Å²) in [4.78, 5) is 24.1. The fourth-order valence-corrected chi connectivity index (χ4v) is 8.41. The molecular formula is C50H50F6N4O10. The van der Waals surface area contributed by atoms with E-state index >= 15 is 0 Å². The number of fused-ring (bicyclic) bond motifs is 6. The normalized spacial score (nSPS) is 18.1. The van der Waals surface area contributed by atoms with Gasteiger partial charge in [-0.05, 0) is 106 Å². The molecule has 2 aromatic heterocycles. The average molecular weight is 981 g/mol. The molecule has 372 valence electrons. The fraction of sp³-hybridized carbons (Fsp3) is 0.360. The summed E-state index contributed by atoms with van der Waals surface area (Å²) in [6, 6.07) is 16.8. The minimum Gasteiger partial charge on any atom is -0.491 e. The number of ether oxygens (including phenoxy) is 3. The highest BCUT2D eigenvalue weighted by atomic mass is 19.4. The molecule has 0 saturated carbocycles. The van der Waals surface area contributed by atoms with Gasteiger partial charge in [-0.2, -0.15) is 36.5 Å². The molecule has 2 heterocycles. The van der Waals surface area contributed by atoms with Gasteiger partial charge in [-0.1, -0.05) is 48.5 Å². The van der Waals surface area contributed by atoms with Crippen LogP contribution in [0.15, 0.2) is 97.6 Å². The van der Waals surface area contributed by atoms with Gasteiger partial charge >= 0.3 is 24.3 Å². The summed E-state index contributed by atoms with van der Waals surface area (Å²) in [5.41, 5.74) is -8.44. The van der Waals surface area contributed by atoms with Crippen LogP contribution in [0.4, 0.5) is 26.3 Å². The number of nitrogens with zero attached hydrogens (tertiary/aromatic N) is 4. The monoisotopic (exact) mass is 980 g/mol. The SMILES string of the molecule is CCOC(=O)C(C)(C)n1cc(-c2cc(OC[C@@H](C)O)cc3c2-c2ccccc2[C@]3(O)C(F)(F)F)cn1.C[C@@H](O)COc1cc(-c2cnn(C(C)(C)C(=O)O)c2)c2c(c1)[C@@](O)(C(F)(F)F)c1ccccc1-2. The summed E-state index contributed by atoms with van der Waals surface area (Å²) in [5, 5.41) is 59.4. The number of carboxylic acid groups (broad SMARTS) is 1. The quantitative estimate of drug-likeness (QED) is 0.0549. The Kier molecular flexibility index (Phi) is 13.3. The van der Waals surface area contributed by atoms with Crippen LogP contribution in [0.1, 0.15) is 70.7 Å². The Hall–Kier alpha value is -6.74. The van der Waals surface area contributed by atoms with E-state index in [0.29, 0.717) is 16.7 Å². The van der Waals surface area contributed by atoms with Crippen molar-refractivity contribution in [3.05, 3.63) is 120 Å². The van der Waals surface area contributed by atoms with Crippen LogP contribution < -0.4 is 9.47 Å². The third-order valence-corrected chi connectivity index (χ3v) is 12.2. The van der Waals surface area contributed by atoms with Crippen molar-refractivity contribution in [3.8, 4) is 56.0 Å². The van der Waals surface area contributed by atoms with Crippen LogP contribution in [-0.2, 0) is 36.6 Å². The molecule has 6 aromatic rings. The number of aliphatic hydroxyl groups excluding tert-OH is 2. The maximum absolute atomic E-state index is 14.4. The number of esters is 1. The van der Waals surface area contributed by atoms with Crippen LogP contribution in [0.5, 0.6) is 11.5 Å². The molecule has 20 heteroatoms. The molecule has 0 aliphatic heterocycles. The molecule has 14 nitrogen and oxygen atoms in total. The Morgan fingerprint density at radius 1 is 0.629 bits per heavy atom. The number of aromatic nitrogens is 4. The second kappa shape index (κ2) is 18.2. The summed E-state index contributed by atoms with van der Waals surface area (Å²) in [7, 11) is 0. The van der Waals surface area contributed by atoms with Gasteiger partial charge in [0.25, 0.3) is 0 Å². The third kappa shape index (κ3) is 8.66. The van der Waals surface area contributed by atoms with E-state index in [-0.39, 0.29) is 75.8 Å². The largest absolute Gasteiger partial charge is 0.491 e. The van der Waals surface area contributed by atoms with Crippen LogP contribution in [0, 0.1) is 0 Å². The summed E-state index contributed by atoms with van der Waals surface area (Å²) in [6.45, 7) is 10.6. The molecule has 0 amide bonds. The predicted octanol–water partition coefficient (Wildman–Crippen LogP) is 8.29. The van der Waals surface area contributed by atoms with Crippen LogP contribution in [0.3, 0.4) is 0 Å². The molecule has 0 radical (unpaired) electrons. The van der Waals surface area contributed by atoms with Crippen LogP contribution in [-0.4, -0.2) is 101 Å². The molecule has 0 spiro atoms. The van der Waals surface area contributed by atoms with Crippen molar-refractivity contribution in [2.75, 3.05) is 19.8 Å². The lowest BCUT2D eigenvalue weighted by Crippen LogP contribution is -2.41. The van der Waals surface area contributed by atoms with Crippen LogP contribution in [0.2, 0.25) is 0 Å². The molecule has 8 rings (SSSR count). The number of carbonyl (C=O) groups is 2. The molecule has 0 fully saturated rings. The Morgan fingerprint density at radius 2 is 1.01 bits per heavy atom. The molecule has 4 atom stereocenters. The van der Waals surface area contributed by atoms with Crippen molar-refractivity contribution < 1.29 is 75.7 Å². The van der Waals surface area contributed by atoms with Crippen molar-refractivity contribution in [1.82, 2.24) is 19.6 Å². The summed E-state index contributed by atoms with van der Waals surface area (Å²) in [6.07, 6.45) is -6.05. The van der Waals surface area contributed by atoms with Gasteiger partial charge in [0.1, 0.15) is 24.7 Å². The van der Waals surface area contributed by atoms with Gasteiger partial charge in [-0.25, -0.2) is 9.59 Å². The van der Waals surface area contributed by atoms with E-state index in [4.69, 9.17) is 14.2 Å². The molecule has 4 aromatic carbocycles. The first-order valence-corrected chi connectivity index (χ1v) is 21.9. The zero-order valence-corrected chi connectivity index (χ0v) is 38.8. The number of aliphatic carboxylic acids is 1. The highest BCUT2D eigenvalue weighted by Crippen LogP contribution is 2.60. The van der Waals surface area contributed by atoms with E-state index in [1.165, 1.54) is 98.1 Å². The number of halogens is 6. The summed E-state index contributed by atoms with van der Waals surface area (Å²) >= 11 is 0.